The molecular weight excluding hydrogens is 534 g/mol. The van der Waals surface area contributed by atoms with Crippen molar-refractivity contribution in [3.8, 4) is 5.75 Å². The van der Waals surface area contributed by atoms with Gasteiger partial charge in [-0.25, -0.2) is 23.9 Å². The number of alkyl halides is 1. The van der Waals surface area contributed by atoms with Gasteiger partial charge in [-0.3, -0.25) is 13.9 Å². The first kappa shape index (κ1) is 28.8. The number of rotatable bonds is 11. The van der Waals surface area contributed by atoms with Crippen LogP contribution in [0.3, 0.4) is 0 Å². The predicted molar refractivity (Wildman–Crippen MR) is 139 cm³/mol. The second kappa shape index (κ2) is 11.9. The Morgan fingerprint density at radius 1 is 1.26 bits per heavy atom. The van der Waals surface area contributed by atoms with Gasteiger partial charge in [0.15, 0.2) is 29.4 Å². The van der Waals surface area contributed by atoms with Crippen molar-refractivity contribution in [2.45, 2.75) is 64.4 Å². The first-order chi connectivity index (χ1) is 18.5. The number of carbonyl (C=O) groups excluding carboxylic acids is 1. The zero-order chi connectivity index (χ0) is 28.3. The van der Waals surface area contributed by atoms with Gasteiger partial charge in [0, 0.05) is 7.05 Å². The standard InChI is InChI=1S/C24H32FN6O7P/c1-13(2)36-24(33)14(3)30-39(34,38-16-9-7-6-8-10-16)35-11-17-20(32)18(25)23(37-17)31-12-27-19-21(26-5)28-15(4)29-22(19)31/h6-10,12-14,17-18,20,23,32H,11H2,1-5H3,(H,30,34)(H,26,28,29)/t14-,17+,18+,20+,23+,39+/m0/s1. The van der Waals surface area contributed by atoms with Crippen LogP contribution in [-0.2, 0) is 23.4 Å². The molecule has 0 amide bonds. The summed E-state index contributed by atoms with van der Waals surface area (Å²) in [4.78, 5) is 25.2. The largest absolute Gasteiger partial charge is 0.462 e. The average molecular weight is 567 g/mol. The molecule has 15 heteroatoms. The van der Waals surface area contributed by atoms with Crippen LogP contribution in [0.2, 0.25) is 0 Å². The molecule has 4 rings (SSSR count). The highest BCUT2D eigenvalue weighted by molar-refractivity contribution is 7.52. The maximum atomic E-state index is 15.3. The van der Waals surface area contributed by atoms with Crippen molar-refractivity contribution in [2.24, 2.45) is 0 Å². The lowest BCUT2D eigenvalue weighted by Crippen LogP contribution is -2.37. The molecule has 1 aliphatic rings. The summed E-state index contributed by atoms with van der Waals surface area (Å²) in [5, 5.41) is 16.1. The molecule has 3 heterocycles. The van der Waals surface area contributed by atoms with Crippen molar-refractivity contribution in [1.29, 1.82) is 0 Å². The Kier molecular flexibility index (Phi) is 8.82. The number of aromatic nitrogens is 4. The number of nitrogens with one attached hydrogen (secondary N) is 2. The molecule has 1 aromatic carbocycles. The fraction of sp³-hybridized carbons (Fsp3) is 0.500. The van der Waals surface area contributed by atoms with Crippen LogP contribution >= 0.6 is 7.75 Å². The molecule has 0 bridgehead atoms. The summed E-state index contributed by atoms with van der Waals surface area (Å²) in [7, 11) is -2.57. The summed E-state index contributed by atoms with van der Waals surface area (Å²) >= 11 is 0. The number of benzene rings is 1. The van der Waals surface area contributed by atoms with Crippen molar-refractivity contribution < 1.29 is 37.4 Å². The van der Waals surface area contributed by atoms with Crippen molar-refractivity contribution >= 4 is 30.7 Å². The molecule has 212 valence electrons. The van der Waals surface area contributed by atoms with Crippen molar-refractivity contribution in [1.82, 2.24) is 24.6 Å². The third-order valence-corrected chi connectivity index (χ3v) is 7.42. The van der Waals surface area contributed by atoms with E-state index in [-0.39, 0.29) is 5.75 Å². The third-order valence-electron chi connectivity index (χ3n) is 5.77. The van der Waals surface area contributed by atoms with Crippen LogP contribution in [0.15, 0.2) is 36.7 Å². The first-order valence-electron chi connectivity index (χ1n) is 12.4. The fourth-order valence-electron chi connectivity index (χ4n) is 3.96. The monoisotopic (exact) mass is 566 g/mol. The highest BCUT2D eigenvalue weighted by Gasteiger charge is 2.47. The number of carbonyl (C=O) groups is 1. The van der Waals surface area contributed by atoms with Gasteiger partial charge >= 0.3 is 13.7 Å². The van der Waals surface area contributed by atoms with Gasteiger partial charge in [-0.1, -0.05) is 18.2 Å². The van der Waals surface area contributed by atoms with Crippen LogP contribution < -0.4 is 14.9 Å². The zero-order valence-corrected chi connectivity index (χ0v) is 23.0. The lowest BCUT2D eigenvalue weighted by atomic mass is 10.1. The van der Waals surface area contributed by atoms with E-state index in [1.165, 1.54) is 17.8 Å². The Hall–Kier alpha value is -3.16. The van der Waals surface area contributed by atoms with Crippen molar-refractivity contribution in [3.63, 3.8) is 0 Å². The number of anilines is 1. The molecule has 1 fully saturated rings. The molecule has 1 aliphatic heterocycles. The molecule has 0 unspecified atom stereocenters. The van der Waals surface area contributed by atoms with Crippen molar-refractivity contribution in [3.05, 3.63) is 42.5 Å². The lowest BCUT2D eigenvalue weighted by molar-refractivity contribution is -0.149. The van der Waals surface area contributed by atoms with E-state index in [9.17, 15) is 14.5 Å². The second-order valence-electron chi connectivity index (χ2n) is 9.23. The number of hydrogen-bond acceptors (Lipinski definition) is 11. The maximum Gasteiger partial charge on any atom is 0.459 e. The minimum absolute atomic E-state index is 0.201. The van der Waals surface area contributed by atoms with E-state index < -0.39 is 57.1 Å². The third kappa shape index (κ3) is 6.53. The van der Waals surface area contributed by atoms with Crippen LogP contribution in [-0.4, -0.2) is 74.8 Å². The molecule has 2 aromatic heterocycles. The van der Waals surface area contributed by atoms with Gasteiger partial charge in [-0.15, -0.1) is 0 Å². The summed E-state index contributed by atoms with van der Waals surface area (Å²) < 4.78 is 52.5. The number of esters is 1. The highest BCUT2D eigenvalue weighted by Crippen LogP contribution is 2.46. The summed E-state index contributed by atoms with van der Waals surface area (Å²) in [6.07, 6.45) is -5.09. The summed E-state index contributed by atoms with van der Waals surface area (Å²) in [5.41, 5.74) is 0.714. The van der Waals surface area contributed by atoms with Gasteiger partial charge in [0.25, 0.3) is 0 Å². The number of fused-ring (bicyclic) bond motifs is 1. The SMILES string of the molecule is CNc1nc(C)nc2c1ncn2[C@@H]1O[C@H](CO[P@](=O)(N[C@@H](C)C(=O)OC(C)C)Oc2ccccc2)[C@@H](O)[C@H]1F. The van der Waals surface area contributed by atoms with E-state index in [0.29, 0.717) is 22.8 Å². The Labute approximate surface area is 224 Å². The molecule has 0 aliphatic carbocycles. The van der Waals surface area contributed by atoms with Crippen LogP contribution in [0.25, 0.3) is 11.2 Å². The number of aryl methyl sites for hydroxylation is 1. The average Bonchev–Trinajstić information content (AvgIpc) is 3.42. The summed E-state index contributed by atoms with van der Waals surface area (Å²) in [6, 6.07) is 7.11. The van der Waals surface area contributed by atoms with Gasteiger partial charge in [-0.05, 0) is 39.8 Å². The van der Waals surface area contributed by atoms with Gasteiger partial charge in [0.2, 0.25) is 0 Å². The van der Waals surface area contributed by atoms with Gasteiger partial charge in [0.05, 0.1) is 19.0 Å². The molecule has 0 radical (unpaired) electrons. The van der Waals surface area contributed by atoms with Crippen LogP contribution in [0, 0.1) is 6.92 Å². The number of aliphatic hydroxyl groups excluding tert-OH is 1. The Balaban J connectivity index is 1.52. The van der Waals surface area contributed by atoms with E-state index >= 15 is 4.39 Å². The Morgan fingerprint density at radius 2 is 1.97 bits per heavy atom. The first-order valence-corrected chi connectivity index (χ1v) is 13.9. The number of hydrogen-bond donors (Lipinski definition) is 3. The molecule has 0 saturated carbocycles. The fourth-order valence-corrected chi connectivity index (χ4v) is 5.46. The molecule has 6 atom stereocenters. The molecule has 39 heavy (non-hydrogen) atoms. The van der Waals surface area contributed by atoms with Crippen LogP contribution in [0.1, 0.15) is 32.8 Å². The highest BCUT2D eigenvalue weighted by atomic mass is 31.2. The number of nitrogens with zero attached hydrogens (tertiary/aromatic N) is 4. The zero-order valence-electron chi connectivity index (χ0n) is 22.1. The summed E-state index contributed by atoms with van der Waals surface area (Å²) in [5.74, 6) is 0.418. The predicted octanol–water partition coefficient (Wildman–Crippen LogP) is 2.91. The number of ether oxygens (including phenoxy) is 2. The molecule has 13 nitrogen and oxygen atoms in total. The molecule has 3 aromatic rings. The smallest absolute Gasteiger partial charge is 0.459 e. The number of halogens is 1. The molecule has 3 N–H and O–H groups in total. The number of para-hydroxylation sites is 1. The van der Waals surface area contributed by atoms with Gasteiger partial charge in [-0.2, -0.15) is 5.09 Å². The number of imidazole rings is 1. The van der Waals surface area contributed by atoms with E-state index in [0.717, 1.165) is 0 Å². The van der Waals surface area contributed by atoms with Crippen LogP contribution in [0.4, 0.5) is 10.2 Å². The topological polar surface area (TPSA) is 159 Å². The molecule has 0 spiro atoms. The second-order valence-corrected chi connectivity index (χ2v) is 10.9. The quantitative estimate of drug-likeness (QED) is 0.230. The maximum absolute atomic E-state index is 15.3. The van der Waals surface area contributed by atoms with E-state index in [2.05, 4.69) is 25.4 Å². The minimum atomic E-state index is -4.24. The summed E-state index contributed by atoms with van der Waals surface area (Å²) in [6.45, 7) is 5.96. The lowest BCUT2D eigenvalue weighted by Gasteiger charge is -2.25. The van der Waals surface area contributed by atoms with Crippen molar-refractivity contribution in [2.75, 3.05) is 19.0 Å². The Morgan fingerprint density at radius 3 is 2.64 bits per heavy atom. The van der Waals surface area contributed by atoms with E-state index in [1.54, 1.807) is 58.2 Å². The van der Waals surface area contributed by atoms with E-state index in [1.807, 2.05) is 0 Å². The van der Waals surface area contributed by atoms with Gasteiger partial charge in [0.1, 0.15) is 29.8 Å². The van der Waals surface area contributed by atoms with Gasteiger partial charge < -0.3 is 24.4 Å². The minimum Gasteiger partial charge on any atom is -0.462 e. The van der Waals surface area contributed by atoms with E-state index in [4.69, 9.17) is 18.5 Å². The Bertz CT molecular complexity index is 1340. The molecular formula is C24H32FN6O7P. The molecule has 1 saturated heterocycles. The number of aliphatic hydroxyl groups is 1. The van der Waals surface area contributed by atoms with Crippen LogP contribution in [0.5, 0.6) is 5.75 Å². The normalized spacial score (nSPS) is 23.5.